The minimum Gasteiger partial charge on any atom is -0.497 e. The van der Waals surface area contributed by atoms with Crippen LogP contribution in [0.15, 0.2) is 47.4 Å². The number of nitrogens with one attached hydrogen (secondary N) is 1. The zero-order valence-electron chi connectivity index (χ0n) is 17.2. The Kier molecular flexibility index (Phi) is 7.00. The third-order valence-corrected chi connectivity index (χ3v) is 6.62. The summed E-state index contributed by atoms with van der Waals surface area (Å²) in [7, 11) is -0.469. The molecule has 1 N–H and O–H groups in total. The Morgan fingerprint density at radius 3 is 2.28 bits per heavy atom. The highest BCUT2D eigenvalue weighted by molar-refractivity contribution is 7.89. The molecule has 0 unspecified atom stereocenters. The molecule has 0 aromatic heterocycles. The lowest BCUT2D eigenvalue weighted by molar-refractivity contribution is 0.262. The van der Waals surface area contributed by atoms with Gasteiger partial charge in [-0.25, -0.2) is 13.1 Å². The number of methoxy groups -OCH3 is 2. The molecule has 7 nitrogen and oxygen atoms in total. The Morgan fingerprint density at radius 1 is 0.966 bits per heavy atom. The molecule has 1 saturated heterocycles. The summed E-state index contributed by atoms with van der Waals surface area (Å²) >= 11 is 0. The van der Waals surface area contributed by atoms with Gasteiger partial charge in [0.25, 0.3) is 0 Å². The number of sulfonamides is 1. The van der Waals surface area contributed by atoms with Crippen LogP contribution in [0.4, 0.5) is 5.69 Å². The second kappa shape index (κ2) is 9.47. The van der Waals surface area contributed by atoms with Crippen molar-refractivity contribution in [3.63, 3.8) is 0 Å². The zero-order valence-corrected chi connectivity index (χ0v) is 18.0. The van der Waals surface area contributed by atoms with Crippen LogP contribution < -0.4 is 19.1 Å². The maximum absolute atomic E-state index is 12.7. The van der Waals surface area contributed by atoms with Crippen molar-refractivity contribution in [3.05, 3.63) is 48.0 Å². The van der Waals surface area contributed by atoms with E-state index < -0.39 is 10.0 Å². The lowest BCUT2D eigenvalue weighted by atomic mass is 10.2. The van der Waals surface area contributed by atoms with Gasteiger partial charge in [-0.15, -0.1) is 0 Å². The molecule has 0 aliphatic carbocycles. The van der Waals surface area contributed by atoms with E-state index in [1.165, 1.54) is 12.8 Å². The quantitative estimate of drug-likeness (QED) is 0.707. The van der Waals surface area contributed by atoms with Crippen LogP contribution in [0.2, 0.25) is 0 Å². The Hall–Kier alpha value is -2.29. The molecule has 158 valence electrons. The van der Waals surface area contributed by atoms with E-state index in [9.17, 15) is 8.42 Å². The molecule has 3 rings (SSSR count). The Morgan fingerprint density at radius 2 is 1.66 bits per heavy atom. The van der Waals surface area contributed by atoms with Crippen molar-refractivity contribution in [2.45, 2.75) is 11.8 Å². The number of piperazine rings is 1. The average Bonchev–Trinajstić information content (AvgIpc) is 2.74. The van der Waals surface area contributed by atoms with Crippen LogP contribution in [0, 0.1) is 6.92 Å². The Balaban J connectivity index is 1.50. The van der Waals surface area contributed by atoms with Crippen LogP contribution in [0.1, 0.15) is 5.56 Å². The van der Waals surface area contributed by atoms with Crippen LogP contribution >= 0.6 is 0 Å². The van der Waals surface area contributed by atoms with Crippen LogP contribution in [-0.2, 0) is 10.0 Å². The van der Waals surface area contributed by atoms with E-state index in [2.05, 4.69) is 26.7 Å². The fourth-order valence-corrected chi connectivity index (χ4v) is 4.71. The maximum atomic E-state index is 12.7. The average molecular weight is 420 g/mol. The minimum atomic E-state index is -3.61. The lowest BCUT2D eigenvalue weighted by Gasteiger charge is -2.36. The second-order valence-corrected chi connectivity index (χ2v) is 8.81. The summed E-state index contributed by atoms with van der Waals surface area (Å²) in [6, 6.07) is 13.2. The molecule has 8 heteroatoms. The van der Waals surface area contributed by atoms with E-state index in [1.54, 1.807) is 19.2 Å². The first kappa shape index (κ1) is 21.4. The number of hydrogen-bond donors (Lipinski definition) is 1. The predicted molar refractivity (Wildman–Crippen MR) is 115 cm³/mol. The zero-order chi connectivity index (χ0) is 20.9. The van der Waals surface area contributed by atoms with Gasteiger partial charge in [0.15, 0.2) is 0 Å². The van der Waals surface area contributed by atoms with Crippen molar-refractivity contribution < 1.29 is 17.9 Å². The van der Waals surface area contributed by atoms with Crippen LogP contribution in [0.5, 0.6) is 11.5 Å². The number of rotatable bonds is 8. The van der Waals surface area contributed by atoms with Crippen molar-refractivity contribution in [2.75, 3.05) is 58.4 Å². The summed E-state index contributed by atoms with van der Waals surface area (Å²) in [5.74, 6) is 1.21. The lowest BCUT2D eigenvalue weighted by Crippen LogP contribution is -2.48. The smallest absolute Gasteiger partial charge is 0.244 e. The number of benzene rings is 2. The van der Waals surface area contributed by atoms with Crippen LogP contribution in [0.3, 0.4) is 0 Å². The molecular weight excluding hydrogens is 390 g/mol. The molecule has 29 heavy (non-hydrogen) atoms. The van der Waals surface area contributed by atoms with Gasteiger partial charge in [0.1, 0.15) is 16.4 Å². The fraction of sp³-hybridized carbons (Fsp3) is 0.429. The molecular formula is C21H29N3O4S. The van der Waals surface area contributed by atoms with Gasteiger partial charge >= 0.3 is 0 Å². The summed E-state index contributed by atoms with van der Waals surface area (Å²) in [5, 5.41) is 0. The van der Waals surface area contributed by atoms with Crippen molar-refractivity contribution in [2.24, 2.45) is 0 Å². The van der Waals surface area contributed by atoms with E-state index in [4.69, 9.17) is 9.47 Å². The fourth-order valence-electron chi connectivity index (χ4n) is 3.43. The summed E-state index contributed by atoms with van der Waals surface area (Å²) in [6.07, 6.45) is 0. The highest BCUT2D eigenvalue weighted by atomic mass is 32.2. The molecule has 0 amide bonds. The van der Waals surface area contributed by atoms with Crippen molar-refractivity contribution >= 4 is 15.7 Å². The molecule has 0 spiro atoms. The number of anilines is 1. The summed E-state index contributed by atoms with van der Waals surface area (Å²) < 4.78 is 38.5. The molecule has 1 aliphatic heterocycles. The van der Waals surface area contributed by atoms with Crippen LogP contribution in [-0.4, -0.2) is 66.8 Å². The molecule has 0 radical (unpaired) electrons. The van der Waals surface area contributed by atoms with E-state index in [0.717, 1.165) is 37.5 Å². The predicted octanol–water partition coefficient (Wildman–Crippen LogP) is 2.11. The van der Waals surface area contributed by atoms with Crippen molar-refractivity contribution in [3.8, 4) is 11.5 Å². The van der Waals surface area contributed by atoms with Crippen molar-refractivity contribution in [1.82, 2.24) is 9.62 Å². The van der Waals surface area contributed by atoms with Gasteiger partial charge in [0, 0.05) is 45.0 Å². The normalized spacial score (nSPS) is 15.3. The first-order valence-corrected chi connectivity index (χ1v) is 11.2. The van der Waals surface area contributed by atoms with Crippen LogP contribution in [0.25, 0.3) is 0 Å². The standard InChI is InChI=1S/C21H29N3O4S/c1-17-4-9-20(28-3)21(16-17)29(25,26)22-10-11-23-12-14-24(15-13-23)18-5-7-19(27-2)8-6-18/h4-9,16,22H,10-15H2,1-3H3. The maximum Gasteiger partial charge on any atom is 0.244 e. The third-order valence-electron chi connectivity index (χ3n) is 5.14. The summed E-state index contributed by atoms with van der Waals surface area (Å²) in [4.78, 5) is 4.79. The molecule has 0 atom stereocenters. The topological polar surface area (TPSA) is 71.1 Å². The third kappa shape index (κ3) is 5.41. The second-order valence-electron chi connectivity index (χ2n) is 7.08. The first-order chi connectivity index (χ1) is 13.9. The van der Waals surface area contributed by atoms with Gasteiger partial charge in [0.2, 0.25) is 10.0 Å². The van der Waals surface area contributed by atoms with Gasteiger partial charge in [0.05, 0.1) is 14.2 Å². The van der Waals surface area contributed by atoms with Gasteiger partial charge in [-0.1, -0.05) is 6.07 Å². The van der Waals surface area contributed by atoms with E-state index in [0.29, 0.717) is 18.8 Å². The molecule has 2 aromatic carbocycles. The first-order valence-electron chi connectivity index (χ1n) is 9.68. The molecule has 2 aromatic rings. The van der Waals surface area contributed by atoms with Gasteiger partial charge in [-0.05, 0) is 48.9 Å². The SMILES string of the molecule is COc1ccc(N2CCN(CCNS(=O)(=O)c3cc(C)ccc3OC)CC2)cc1. The van der Waals surface area contributed by atoms with E-state index in [1.807, 2.05) is 25.1 Å². The summed E-state index contributed by atoms with van der Waals surface area (Å²) in [5.41, 5.74) is 2.05. The number of nitrogens with zero attached hydrogens (tertiary/aromatic N) is 2. The van der Waals surface area contributed by atoms with E-state index in [-0.39, 0.29) is 4.90 Å². The van der Waals surface area contributed by atoms with Gasteiger partial charge in [-0.2, -0.15) is 0 Å². The monoisotopic (exact) mass is 419 g/mol. The molecule has 1 heterocycles. The Labute approximate surface area is 173 Å². The molecule has 1 aliphatic rings. The highest BCUT2D eigenvalue weighted by Gasteiger charge is 2.21. The van der Waals surface area contributed by atoms with Gasteiger partial charge < -0.3 is 14.4 Å². The van der Waals surface area contributed by atoms with Crippen molar-refractivity contribution in [1.29, 1.82) is 0 Å². The molecule has 0 bridgehead atoms. The van der Waals surface area contributed by atoms with Gasteiger partial charge in [-0.3, -0.25) is 4.90 Å². The molecule has 0 saturated carbocycles. The Bertz CT molecular complexity index is 908. The molecule has 1 fully saturated rings. The largest absolute Gasteiger partial charge is 0.497 e. The number of hydrogen-bond acceptors (Lipinski definition) is 6. The number of aryl methyl sites for hydroxylation is 1. The van der Waals surface area contributed by atoms with E-state index >= 15 is 0 Å². The highest BCUT2D eigenvalue weighted by Crippen LogP contribution is 2.24. The number of ether oxygens (including phenoxy) is 2. The minimum absolute atomic E-state index is 0.185. The summed E-state index contributed by atoms with van der Waals surface area (Å²) in [6.45, 7) is 6.49.